The van der Waals surface area contributed by atoms with Crippen molar-refractivity contribution < 1.29 is 23.7 Å². The van der Waals surface area contributed by atoms with Crippen LogP contribution in [0.3, 0.4) is 0 Å². The molecule has 0 amide bonds. The van der Waals surface area contributed by atoms with Gasteiger partial charge in [0.05, 0.1) is 12.9 Å². The standard InChI is InChI=1S/C25H38N6O5/c1-7-34-19(32)9-8-16-10-17(11-16)30(15(2)3)12-18(33-6)21-24(36-25(4,5)35-21)31-14-29-20-22(26)27-13-28-23(20)31/h8-9,13-18,21,24H,7,10-12H2,1-6H3,(H2,26,27,28)/b9-8+/t16?,17?,18-,21-,24-/m1/s1. The van der Waals surface area contributed by atoms with E-state index in [9.17, 15) is 4.79 Å². The average molecular weight is 503 g/mol. The number of fused-ring (bicyclic) bond motifs is 1. The Morgan fingerprint density at radius 3 is 2.72 bits per heavy atom. The molecule has 11 heteroatoms. The van der Waals surface area contributed by atoms with Crippen molar-refractivity contribution >= 4 is 23.0 Å². The summed E-state index contributed by atoms with van der Waals surface area (Å²) >= 11 is 0. The molecule has 2 aromatic rings. The highest BCUT2D eigenvalue weighted by atomic mass is 16.8. The summed E-state index contributed by atoms with van der Waals surface area (Å²) in [7, 11) is 1.70. The van der Waals surface area contributed by atoms with E-state index < -0.39 is 18.1 Å². The van der Waals surface area contributed by atoms with Crippen LogP contribution in [-0.4, -0.2) is 80.7 Å². The van der Waals surface area contributed by atoms with Gasteiger partial charge in [0.2, 0.25) is 0 Å². The predicted octanol–water partition coefficient (Wildman–Crippen LogP) is 2.68. The molecule has 2 aromatic heterocycles. The lowest BCUT2D eigenvalue weighted by atomic mass is 9.78. The van der Waals surface area contributed by atoms with Crippen molar-refractivity contribution in [1.29, 1.82) is 0 Å². The van der Waals surface area contributed by atoms with Gasteiger partial charge in [-0.2, -0.15) is 0 Å². The Labute approximate surface area is 212 Å². The predicted molar refractivity (Wildman–Crippen MR) is 134 cm³/mol. The van der Waals surface area contributed by atoms with Gasteiger partial charge in [0, 0.05) is 31.8 Å². The second-order valence-electron chi connectivity index (χ2n) is 10.1. The molecule has 2 fully saturated rings. The number of carbonyl (C=O) groups excluding carboxylic acids is 1. The van der Waals surface area contributed by atoms with Gasteiger partial charge in [-0.25, -0.2) is 19.7 Å². The molecule has 1 aliphatic heterocycles. The molecular weight excluding hydrogens is 464 g/mol. The van der Waals surface area contributed by atoms with Crippen molar-refractivity contribution in [1.82, 2.24) is 24.4 Å². The number of hydrogen-bond donors (Lipinski definition) is 1. The molecule has 1 aliphatic carbocycles. The van der Waals surface area contributed by atoms with Crippen LogP contribution < -0.4 is 5.73 Å². The molecule has 0 aromatic carbocycles. The number of nitrogens with zero attached hydrogens (tertiary/aromatic N) is 5. The van der Waals surface area contributed by atoms with Crippen molar-refractivity contribution in [2.24, 2.45) is 5.92 Å². The first-order valence-corrected chi connectivity index (χ1v) is 12.6. The lowest BCUT2D eigenvalue weighted by molar-refractivity contribution is -0.163. The number of nitrogen functional groups attached to an aromatic ring is 1. The zero-order valence-corrected chi connectivity index (χ0v) is 22.0. The molecule has 0 unspecified atom stereocenters. The number of carbonyl (C=O) groups is 1. The zero-order valence-electron chi connectivity index (χ0n) is 22.0. The summed E-state index contributed by atoms with van der Waals surface area (Å²) in [6, 6.07) is 0.688. The molecule has 0 bridgehead atoms. The SMILES string of the molecule is CCOC(=O)/C=C/C1CC(N(C[C@@H](OC)[C@H]2OC(C)(C)O[C@H]2n2cnc3c(N)ncnc32)C(C)C)C1. The molecule has 198 valence electrons. The summed E-state index contributed by atoms with van der Waals surface area (Å²) in [6.45, 7) is 11.0. The van der Waals surface area contributed by atoms with E-state index in [1.807, 2.05) is 24.5 Å². The van der Waals surface area contributed by atoms with Gasteiger partial charge in [0.25, 0.3) is 0 Å². The Hall–Kier alpha value is -2.60. The number of nitrogens with two attached hydrogens (primary N) is 1. The Kier molecular flexibility index (Phi) is 7.93. The molecule has 0 radical (unpaired) electrons. The minimum atomic E-state index is -0.816. The summed E-state index contributed by atoms with van der Waals surface area (Å²) in [5.74, 6) is -0.419. The Balaban J connectivity index is 1.49. The Morgan fingerprint density at radius 2 is 2.06 bits per heavy atom. The number of anilines is 1. The van der Waals surface area contributed by atoms with E-state index in [-0.39, 0.29) is 12.1 Å². The smallest absolute Gasteiger partial charge is 0.330 e. The number of allylic oxidation sites excluding steroid dienone is 1. The van der Waals surface area contributed by atoms with Crippen molar-refractivity contribution in [3.8, 4) is 0 Å². The van der Waals surface area contributed by atoms with E-state index in [4.69, 9.17) is 24.7 Å². The first kappa shape index (κ1) is 26.5. The van der Waals surface area contributed by atoms with Crippen LogP contribution in [0.4, 0.5) is 5.82 Å². The number of imidazole rings is 1. The van der Waals surface area contributed by atoms with Gasteiger partial charge in [-0.05, 0) is 53.4 Å². The number of methoxy groups -OCH3 is 1. The third-order valence-electron chi connectivity index (χ3n) is 6.90. The summed E-state index contributed by atoms with van der Waals surface area (Å²) in [5.41, 5.74) is 7.11. The summed E-state index contributed by atoms with van der Waals surface area (Å²) in [4.78, 5) is 26.9. The largest absolute Gasteiger partial charge is 0.463 e. The zero-order chi connectivity index (χ0) is 26.0. The molecule has 4 rings (SSSR count). The van der Waals surface area contributed by atoms with Crippen LogP contribution in [0.2, 0.25) is 0 Å². The first-order chi connectivity index (χ1) is 17.1. The fourth-order valence-corrected chi connectivity index (χ4v) is 5.07. The van der Waals surface area contributed by atoms with Crippen molar-refractivity contribution in [2.45, 2.75) is 83.8 Å². The Bertz CT molecular complexity index is 1080. The van der Waals surface area contributed by atoms with Crippen molar-refractivity contribution in [3.05, 3.63) is 24.8 Å². The lowest BCUT2D eigenvalue weighted by Crippen LogP contribution is -2.53. The van der Waals surface area contributed by atoms with Gasteiger partial charge in [0.1, 0.15) is 24.1 Å². The minimum Gasteiger partial charge on any atom is -0.463 e. The number of rotatable bonds is 10. The highest BCUT2D eigenvalue weighted by Crippen LogP contribution is 2.40. The van der Waals surface area contributed by atoms with E-state index in [1.165, 1.54) is 6.33 Å². The van der Waals surface area contributed by atoms with E-state index in [2.05, 4.69) is 33.7 Å². The highest BCUT2D eigenvalue weighted by molar-refractivity contribution is 5.82. The van der Waals surface area contributed by atoms with Crippen LogP contribution in [0.5, 0.6) is 0 Å². The van der Waals surface area contributed by atoms with Crippen LogP contribution in [0.1, 0.15) is 53.7 Å². The maximum atomic E-state index is 11.6. The summed E-state index contributed by atoms with van der Waals surface area (Å²) in [5, 5.41) is 0. The van der Waals surface area contributed by atoms with Crippen LogP contribution in [-0.2, 0) is 23.7 Å². The molecule has 3 atom stereocenters. The molecule has 3 heterocycles. The summed E-state index contributed by atoms with van der Waals surface area (Å²) in [6.07, 6.45) is 7.37. The van der Waals surface area contributed by atoms with Gasteiger partial charge >= 0.3 is 5.97 Å². The van der Waals surface area contributed by atoms with Gasteiger partial charge in [0.15, 0.2) is 23.5 Å². The number of hydrogen-bond acceptors (Lipinski definition) is 10. The van der Waals surface area contributed by atoms with Crippen LogP contribution in [0.15, 0.2) is 24.8 Å². The first-order valence-electron chi connectivity index (χ1n) is 12.6. The average Bonchev–Trinajstić information content (AvgIpc) is 3.35. The number of esters is 1. The van der Waals surface area contributed by atoms with E-state index in [0.717, 1.165) is 12.8 Å². The fourth-order valence-electron chi connectivity index (χ4n) is 5.07. The molecule has 36 heavy (non-hydrogen) atoms. The molecule has 1 saturated carbocycles. The molecule has 2 aliphatic rings. The Morgan fingerprint density at radius 1 is 1.31 bits per heavy atom. The maximum absolute atomic E-state index is 11.6. The molecule has 2 N–H and O–H groups in total. The second kappa shape index (κ2) is 10.8. The normalized spacial score (nSPS) is 26.7. The van der Waals surface area contributed by atoms with E-state index >= 15 is 0 Å². The van der Waals surface area contributed by atoms with Gasteiger partial charge < -0.3 is 24.7 Å². The lowest BCUT2D eigenvalue weighted by Gasteiger charge is -2.45. The van der Waals surface area contributed by atoms with Gasteiger partial charge in [-0.1, -0.05) is 6.08 Å². The summed E-state index contributed by atoms with van der Waals surface area (Å²) < 4.78 is 25.5. The maximum Gasteiger partial charge on any atom is 0.330 e. The number of ether oxygens (including phenoxy) is 4. The minimum absolute atomic E-state index is 0.273. The number of aromatic nitrogens is 4. The van der Waals surface area contributed by atoms with E-state index in [0.29, 0.717) is 48.1 Å². The topological polar surface area (TPSA) is 127 Å². The quantitative estimate of drug-likeness (QED) is 0.383. The van der Waals surface area contributed by atoms with Crippen LogP contribution >= 0.6 is 0 Å². The fraction of sp³-hybridized carbons (Fsp3) is 0.680. The van der Waals surface area contributed by atoms with Crippen molar-refractivity contribution in [3.63, 3.8) is 0 Å². The molecule has 1 saturated heterocycles. The van der Waals surface area contributed by atoms with Crippen LogP contribution in [0.25, 0.3) is 11.2 Å². The van der Waals surface area contributed by atoms with Gasteiger partial charge in [-0.3, -0.25) is 9.47 Å². The second-order valence-corrected chi connectivity index (χ2v) is 10.1. The molecule has 0 spiro atoms. The molecule has 11 nitrogen and oxygen atoms in total. The van der Waals surface area contributed by atoms with E-state index in [1.54, 1.807) is 26.4 Å². The van der Waals surface area contributed by atoms with Gasteiger partial charge in [-0.15, -0.1) is 0 Å². The monoisotopic (exact) mass is 502 g/mol. The van der Waals surface area contributed by atoms with Crippen LogP contribution in [0, 0.1) is 5.92 Å². The molecular formula is C25H38N6O5. The van der Waals surface area contributed by atoms with Crippen molar-refractivity contribution in [2.75, 3.05) is 26.0 Å². The third-order valence-corrected chi connectivity index (χ3v) is 6.90. The third kappa shape index (κ3) is 5.54. The highest BCUT2D eigenvalue weighted by Gasteiger charge is 2.48.